The number of fused-ring (bicyclic) bond motifs is 1. The third-order valence-corrected chi connectivity index (χ3v) is 8.27. The number of sulfonamides is 1. The number of piperidine rings is 1. The topological polar surface area (TPSA) is 79.3 Å². The number of methoxy groups -OCH3 is 1. The van der Waals surface area contributed by atoms with E-state index in [1.165, 1.54) is 5.56 Å². The standard InChI is InChI=1S/C25H29N3O4S/c1-32-21-10-4-7-18(16-21)15-20-9-6-14-28(20)25(29)19-8-5-13-27(17-19)24-22-11-2-3-12-23(22)33(30,31)26-24/h2-4,7,10-12,16,19-20H,5-6,8-9,13-15,17H2,1H3. The molecule has 0 N–H and O–H groups in total. The monoisotopic (exact) mass is 467 g/mol. The predicted molar refractivity (Wildman–Crippen MR) is 126 cm³/mol. The fourth-order valence-corrected chi connectivity index (χ4v) is 6.56. The molecule has 3 heterocycles. The Morgan fingerprint density at radius 3 is 2.76 bits per heavy atom. The number of likely N-dealkylation sites (tertiary alicyclic amines) is 2. The first kappa shape index (κ1) is 21.9. The third kappa shape index (κ3) is 4.24. The molecule has 2 unspecified atom stereocenters. The molecule has 7 nitrogen and oxygen atoms in total. The van der Waals surface area contributed by atoms with Gasteiger partial charge in [0, 0.05) is 31.2 Å². The smallest absolute Gasteiger partial charge is 0.285 e. The van der Waals surface area contributed by atoms with Crippen LogP contribution in [0.25, 0.3) is 0 Å². The minimum absolute atomic E-state index is 0.150. The molecule has 0 saturated carbocycles. The van der Waals surface area contributed by atoms with Crippen LogP contribution in [0.3, 0.4) is 0 Å². The summed E-state index contributed by atoms with van der Waals surface area (Å²) in [5.74, 6) is 1.35. The summed E-state index contributed by atoms with van der Waals surface area (Å²) < 4.78 is 34.4. The Labute approximate surface area is 195 Å². The first-order valence-electron chi connectivity index (χ1n) is 11.6. The van der Waals surface area contributed by atoms with E-state index >= 15 is 0 Å². The van der Waals surface area contributed by atoms with Gasteiger partial charge in [-0.2, -0.15) is 8.42 Å². The first-order valence-corrected chi connectivity index (χ1v) is 13.0. The second kappa shape index (κ2) is 8.82. The first-order chi connectivity index (χ1) is 16.0. The highest BCUT2D eigenvalue weighted by atomic mass is 32.2. The molecule has 2 aromatic carbocycles. The van der Waals surface area contributed by atoms with Crippen LogP contribution in [0, 0.1) is 5.92 Å². The quantitative estimate of drug-likeness (QED) is 0.691. The average molecular weight is 468 g/mol. The lowest BCUT2D eigenvalue weighted by atomic mass is 9.94. The Morgan fingerprint density at radius 2 is 1.91 bits per heavy atom. The van der Waals surface area contributed by atoms with Crippen LogP contribution in [0.15, 0.2) is 57.8 Å². The number of hydrogen-bond donors (Lipinski definition) is 0. The Bertz CT molecular complexity index is 1190. The van der Waals surface area contributed by atoms with Gasteiger partial charge in [-0.25, -0.2) is 0 Å². The second-order valence-corrected chi connectivity index (χ2v) is 10.6. The molecule has 0 aromatic heterocycles. The van der Waals surface area contributed by atoms with Gasteiger partial charge in [-0.1, -0.05) is 24.3 Å². The van der Waals surface area contributed by atoms with Crippen LogP contribution in [0.2, 0.25) is 0 Å². The van der Waals surface area contributed by atoms with Crippen molar-refractivity contribution in [2.45, 2.75) is 43.0 Å². The molecule has 2 saturated heterocycles. The lowest BCUT2D eigenvalue weighted by Crippen LogP contribution is -2.48. The number of carbonyl (C=O) groups is 1. The summed E-state index contributed by atoms with van der Waals surface area (Å²) in [5, 5.41) is 0. The van der Waals surface area contributed by atoms with E-state index in [0.717, 1.165) is 44.4 Å². The molecule has 2 aromatic rings. The van der Waals surface area contributed by atoms with Crippen LogP contribution in [0.1, 0.15) is 36.8 Å². The molecule has 1 amide bonds. The molecule has 3 aliphatic heterocycles. The molecule has 5 rings (SSSR count). The van der Waals surface area contributed by atoms with Crippen LogP contribution in [0.5, 0.6) is 5.75 Å². The summed E-state index contributed by atoms with van der Waals surface area (Å²) in [6, 6.07) is 15.2. The second-order valence-electron chi connectivity index (χ2n) is 9.05. The van der Waals surface area contributed by atoms with E-state index in [9.17, 15) is 13.2 Å². The minimum Gasteiger partial charge on any atom is -0.497 e. The van der Waals surface area contributed by atoms with E-state index < -0.39 is 10.0 Å². The van der Waals surface area contributed by atoms with Crippen molar-refractivity contribution in [3.63, 3.8) is 0 Å². The molecule has 2 atom stereocenters. The van der Waals surface area contributed by atoms with E-state index in [4.69, 9.17) is 4.74 Å². The molecule has 0 bridgehead atoms. The Hall–Kier alpha value is -2.87. The molecule has 0 spiro atoms. The van der Waals surface area contributed by atoms with Gasteiger partial charge >= 0.3 is 0 Å². The fraction of sp³-hybridized carbons (Fsp3) is 0.440. The highest BCUT2D eigenvalue weighted by Crippen LogP contribution is 2.31. The minimum atomic E-state index is -3.67. The van der Waals surface area contributed by atoms with E-state index in [-0.39, 0.29) is 22.8 Å². The zero-order valence-corrected chi connectivity index (χ0v) is 19.6. The largest absolute Gasteiger partial charge is 0.497 e. The Morgan fingerprint density at radius 1 is 1.09 bits per heavy atom. The number of nitrogens with zero attached hydrogens (tertiary/aromatic N) is 3. The molecular formula is C25H29N3O4S. The Balaban J connectivity index is 1.31. The number of carbonyl (C=O) groups excluding carboxylic acids is 1. The fourth-order valence-electron chi connectivity index (χ4n) is 5.33. The van der Waals surface area contributed by atoms with Crippen molar-refractivity contribution in [3.05, 3.63) is 59.7 Å². The van der Waals surface area contributed by atoms with Gasteiger partial charge in [0.25, 0.3) is 10.0 Å². The summed E-state index contributed by atoms with van der Waals surface area (Å²) in [6.45, 7) is 1.99. The number of ether oxygens (including phenoxy) is 1. The van der Waals surface area contributed by atoms with Crippen molar-refractivity contribution in [2.24, 2.45) is 10.3 Å². The maximum Gasteiger partial charge on any atom is 0.285 e. The lowest BCUT2D eigenvalue weighted by Gasteiger charge is -2.36. The van der Waals surface area contributed by atoms with Gasteiger partial charge in [0.2, 0.25) is 5.91 Å². The number of amidine groups is 1. The van der Waals surface area contributed by atoms with Crippen LogP contribution in [0.4, 0.5) is 0 Å². The zero-order chi connectivity index (χ0) is 23.0. The molecule has 8 heteroatoms. The number of benzene rings is 2. The summed E-state index contributed by atoms with van der Waals surface area (Å²) in [5.41, 5.74) is 1.81. The van der Waals surface area contributed by atoms with Crippen LogP contribution in [-0.4, -0.2) is 62.7 Å². The molecule has 2 fully saturated rings. The summed E-state index contributed by atoms with van der Waals surface area (Å²) in [4.78, 5) is 17.9. The van der Waals surface area contributed by atoms with Crippen LogP contribution < -0.4 is 4.74 Å². The predicted octanol–water partition coefficient (Wildman–Crippen LogP) is 3.09. The van der Waals surface area contributed by atoms with Crippen LogP contribution >= 0.6 is 0 Å². The van der Waals surface area contributed by atoms with E-state index in [2.05, 4.69) is 15.4 Å². The summed E-state index contributed by atoms with van der Waals surface area (Å²) in [7, 11) is -2.00. The normalized spacial score (nSPS) is 23.8. The van der Waals surface area contributed by atoms with Crippen LogP contribution in [-0.2, 0) is 21.2 Å². The molecular weight excluding hydrogens is 438 g/mol. The van der Waals surface area contributed by atoms with E-state index in [1.54, 1.807) is 25.3 Å². The lowest BCUT2D eigenvalue weighted by molar-refractivity contribution is -0.137. The SMILES string of the molecule is COc1cccc(CC2CCCN2C(=O)C2CCCN(C3=NS(=O)(=O)c4ccccc43)C2)c1. The average Bonchev–Trinajstić information content (AvgIpc) is 3.41. The third-order valence-electron chi connectivity index (χ3n) is 6.95. The van der Waals surface area contributed by atoms with Gasteiger partial charge in [0.1, 0.15) is 10.6 Å². The van der Waals surface area contributed by atoms with Gasteiger partial charge in [0.15, 0.2) is 5.84 Å². The van der Waals surface area contributed by atoms with Gasteiger partial charge in [-0.15, -0.1) is 4.40 Å². The highest BCUT2D eigenvalue weighted by Gasteiger charge is 2.38. The molecule has 3 aliphatic rings. The maximum absolute atomic E-state index is 13.6. The van der Waals surface area contributed by atoms with Crippen molar-refractivity contribution >= 4 is 21.8 Å². The number of amides is 1. The maximum atomic E-state index is 13.6. The van der Waals surface area contributed by atoms with Crippen molar-refractivity contribution in [1.82, 2.24) is 9.80 Å². The van der Waals surface area contributed by atoms with Crippen molar-refractivity contribution in [2.75, 3.05) is 26.7 Å². The van der Waals surface area contributed by atoms with E-state index in [1.807, 2.05) is 29.2 Å². The molecule has 0 aliphatic carbocycles. The van der Waals surface area contributed by atoms with Gasteiger partial charge in [0.05, 0.1) is 13.0 Å². The van der Waals surface area contributed by atoms with Gasteiger partial charge < -0.3 is 14.5 Å². The van der Waals surface area contributed by atoms with Gasteiger partial charge in [-0.3, -0.25) is 4.79 Å². The molecule has 174 valence electrons. The highest BCUT2D eigenvalue weighted by molar-refractivity contribution is 7.90. The van der Waals surface area contributed by atoms with Crippen molar-refractivity contribution in [3.8, 4) is 5.75 Å². The number of hydrogen-bond acceptors (Lipinski definition) is 5. The zero-order valence-electron chi connectivity index (χ0n) is 18.8. The molecule has 33 heavy (non-hydrogen) atoms. The number of rotatable bonds is 4. The van der Waals surface area contributed by atoms with E-state index in [0.29, 0.717) is 24.5 Å². The summed E-state index contributed by atoms with van der Waals surface area (Å²) >= 11 is 0. The van der Waals surface area contributed by atoms with Crippen molar-refractivity contribution < 1.29 is 17.9 Å². The Kier molecular flexibility index (Phi) is 5.86. The summed E-state index contributed by atoms with van der Waals surface area (Å²) in [6.07, 6.45) is 4.48. The molecule has 0 radical (unpaired) electrons. The van der Waals surface area contributed by atoms with Crippen molar-refractivity contribution in [1.29, 1.82) is 0 Å². The van der Waals surface area contributed by atoms with Gasteiger partial charge in [-0.05, 0) is 61.9 Å².